The number of halogens is 2. The van der Waals surface area contributed by atoms with Gasteiger partial charge in [0.05, 0.1) is 21.4 Å². The number of urea groups is 1. The fraction of sp³-hybridized carbons (Fsp3) is 0.333. The predicted molar refractivity (Wildman–Crippen MR) is 106 cm³/mol. The number of sulfonamides is 1. The molecule has 1 atom stereocenters. The van der Waals surface area contributed by atoms with Crippen molar-refractivity contribution in [2.24, 2.45) is 0 Å². The van der Waals surface area contributed by atoms with Crippen LogP contribution >= 0.6 is 35.0 Å². The molecule has 1 aliphatic heterocycles. The molecule has 1 unspecified atom stereocenters. The zero-order valence-electron chi connectivity index (χ0n) is 14.3. The van der Waals surface area contributed by atoms with Gasteiger partial charge in [-0.25, -0.2) is 13.2 Å². The van der Waals surface area contributed by atoms with Crippen molar-refractivity contribution >= 4 is 62.5 Å². The Balaban J connectivity index is 2.08. The number of aliphatic hydroxyl groups excluding tert-OH is 1. The number of aliphatic hydroxyl groups is 1. The van der Waals surface area contributed by atoms with Crippen molar-refractivity contribution in [2.45, 2.75) is 24.5 Å². The number of Topliss-reactive ketones (excluding diaryl/α,β-unsaturated/α-hetero) is 1. The van der Waals surface area contributed by atoms with Crippen molar-refractivity contribution in [1.29, 1.82) is 0 Å². The summed E-state index contributed by atoms with van der Waals surface area (Å²) in [5.74, 6) is -0.786. The molecule has 1 aromatic rings. The van der Waals surface area contributed by atoms with E-state index in [0.717, 1.165) is 16.1 Å². The second-order valence-electron chi connectivity index (χ2n) is 5.71. The summed E-state index contributed by atoms with van der Waals surface area (Å²) in [5, 5.41) is 15.7. The molecular formula is C15H17Cl2N3O5S2. The zero-order chi connectivity index (χ0) is 20.4. The number of ketones is 1. The average Bonchev–Trinajstić information content (AvgIpc) is 2.93. The van der Waals surface area contributed by atoms with Gasteiger partial charge in [0.2, 0.25) is 15.8 Å². The minimum Gasteiger partial charge on any atom is -0.380 e. The summed E-state index contributed by atoms with van der Waals surface area (Å²) < 4.78 is 24.4. The van der Waals surface area contributed by atoms with E-state index < -0.39 is 39.2 Å². The molecule has 27 heavy (non-hydrogen) atoms. The molecule has 0 saturated heterocycles. The van der Waals surface area contributed by atoms with E-state index >= 15 is 0 Å². The third-order valence-corrected chi connectivity index (χ3v) is 8.21. The molecule has 12 heteroatoms. The normalized spacial score (nSPS) is 17.4. The van der Waals surface area contributed by atoms with Crippen LogP contribution in [0.15, 0.2) is 29.3 Å². The molecule has 2 amide bonds. The molecule has 148 valence electrons. The van der Waals surface area contributed by atoms with E-state index in [1.54, 1.807) is 26.0 Å². The van der Waals surface area contributed by atoms with Gasteiger partial charge in [0, 0.05) is 11.4 Å². The minimum atomic E-state index is -4.10. The Morgan fingerprint density at radius 2 is 2.00 bits per heavy atom. The lowest BCUT2D eigenvalue weighted by Crippen LogP contribution is -2.45. The highest BCUT2D eigenvalue weighted by atomic mass is 35.5. The first-order chi connectivity index (χ1) is 12.6. The lowest BCUT2D eigenvalue weighted by molar-refractivity contribution is -0.114. The number of benzene rings is 1. The smallest absolute Gasteiger partial charge is 0.323 e. The molecule has 0 bridgehead atoms. The summed E-state index contributed by atoms with van der Waals surface area (Å²) in [7, 11) is -4.10. The van der Waals surface area contributed by atoms with Crippen LogP contribution in [-0.2, 0) is 14.8 Å². The van der Waals surface area contributed by atoms with Crippen molar-refractivity contribution in [3.63, 3.8) is 0 Å². The van der Waals surface area contributed by atoms with E-state index in [4.69, 9.17) is 23.2 Å². The highest BCUT2D eigenvalue weighted by Crippen LogP contribution is 2.33. The minimum absolute atomic E-state index is 0.131. The van der Waals surface area contributed by atoms with Gasteiger partial charge >= 0.3 is 6.03 Å². The molecule has 2 rings (SSSR count). The maximum Gasteiger partial charge on any atom is 0.323 e. The van der Waals surface area contributed by atoms with Crippen molar-refractivity contribution in [2.75, 3.05) is 12.0 Å². The van der Waals surface area contributed by atoms with Crippen molar-refractivity contribution < 1.29 is 23.1 Å². The quantitative estimate of drug-likeness (QED) is 0.569. The first-order valence-electron chi connectivity index (χ1n) is 7.63. The molecule has 0 aliphatic carbocycles. The number of hydrogen-bond donors (Lipinski definition) is 3. The Morgan fingerprint density at radius 3 is 2.59 bits per heavy atom. The molecule has 0 fully saturated rings. The van der Waals surface area contributed by atoms with Crippen LogP contribution in [0.4, 0.5) is 10.5 Å². The number of carbonyl (C=O) groups excluding carboxylic acids is 2. The maximum absolute atomic E-state index is 12.6. The standard InChI is InChI=1S/C15H17Cl2N3O5S2/c1-8(2)20(7-21)27(24,25)14-13(22)11(6-26-14)19-15(23)18-10-5-3-4-9(16)12(10)17/h3-6,8,14,21H,7H2,1-2H3,(H2,18,19,23). The van der Waals surface area contributed by atoms with E-state index in [9.17, 15) is 23.1 Å². The summed E-state index contributed by atoms with van der Waals surface area (Å²) in [4.78, 5) is 24.5. The van der Waals surface area contributed by atoms with E-state index in [2.05, 4.69) is 10.6 Å². The number of carbonyl (C=O) groups is 2. The summed E-state index contributed by atoms with van der Waals surface area (Å²) in [6, 6.07) is 3.34. The molecule has 0 spiro atoms. The van der Waals surface area contributed by atoms with Crippen molar-refractivity contribution in [3.05, 3.63) is 39.3 Å². The summed E-state index contributed by atoms with van der Waals surface area (Å²) in [6.07, 6.45) is 0. The van der Waals surface area contributed by atoms with Gasteiger partial charge in [0.15, 0.2) is 4.58 Å². The number of thioether (sulfide) groups is 1. The van der Waals surface area contributed by atoms with E-state index in [-0.39, 0.29) is 21.4 Å². The van der Waals surface area contributed by atoms with Gasteiger partial charge in [-0.05, 0) is 26.0 Å². The van der Waals surface area contributed by atoms with Crippen LogP contribution in [0, 0.1) is 0 Å². The number of nitrogens with one attached hydrogen (secondary N) is 2. The van der Waals surface area contributed by atoms with E-state index in [0.29, 0.717) is 0 Å². The Bertz CT molecular complexity index is 889. The zero-order valence-corrected chi connectivity index (χ0v) is 17.4. The summed E-state index contributed by atoms with van der Waals surface area (Å²) in [6.45, 7) is 2.40. The molecule has 3 N–H and O–H groups in total. The Kier molecular flexibility index (Phi) is 7.17. The first kappa shape index (κ1) is 22.0. The number of nitrogens with zero attached hydrogens (tertiary/aromatic N) is 1. The van der Waals surface area contributed by atoms with E-state index in [1.165, 1.54) is 11.5 Å². The van der Waals surface area contributed by atoms with Gasteiger partial charge in [-0.1, -0.05) is 29.3 Å². The Hall–Kier alpha value is -1.30. The lowest BCUT2D eigenvalue weighted by Gasteiger charge is -2.25. The molecule has 1 heterocycles. The second-order valence-corrected chi connectivity index (χ2v) is 9.74. The SMILES string of the molecule is CC(C)N(CO)S(=O)(=O)C1SC=C(NC(=O)Nc2cccc(Cl)c2Cl)C1=O. The largest absolute Gasteiger partial charge is 0.380 e. The molecule has 0 radical (unpaired) electrons. The molecule has 0 aromatic heterocycles. The van der Waals surface area contributed by atoms with Crippen molar-refractivity contribution in [1.82, 2.24) is 9.62 Å². The van der Waals surface area contributed by atoms with Crippen LogP contribution < -0.4 is 10.6 Å². The lowest BCUT2D eigenvalue weighted by atomic mass is 10.3. The van der Waals surface area contributed by atoms with Gasteiger partial charge in [-0.15, -0.1) is 11.8 Å². The number of amides is 2. The molecular weight excluding hydrogens is 437 g/mol. The third-order valence-electron chi connectivity index (χ3n) is 3.55. The fourth-order valence-corrected chi connectivity index (χ4v) is 5.70. The van der Waals surface area contributed by atoms with Crippen LogP contribution in [0.5, 0.6) is 0 Å². The summed E-state index contributed by atoms with van der Waals surface area (Å²) >= 11 is 12.6. The molecule has 8 nitrogen and oxygen atoms in total. The van der Waals surface area contributed by atoms with Crippen LogP contribution in [0.2, 0.25) is 10.0 Å². The van der Waals surface area contributed by atoms with Gasteiger partial charge in [0.25, 0.3) is 0 Å². The fourth-order valence-electron chi connectivity index (χ4n) is 2.21. The third kappa shape index (κ3) is 4.76. The summed E-state index contributed by atoms with van der Waals surface area (Å²) in [5.41, 5.74) is 0.0571. The highest BCUT2D eigenvalue weighted by molar-refractivity contribution is 8.16. The van der Waals surface area contributed by atoms with Gasteiger partial charge < -0.3 is 15.7 Å². The van der Waals surface area contributed by atoms with Crippen LogP contribution in [0.3, 0.4) is 0 Å². The highest BCUT2D eigenvalue weighted by Gasteiger charge is 2.43. The van der Waals surface area contributed by atoms with Crippen LogP contribution in [-0.4, -0.2) is 47.0 Å². The number of allylic oxidation sites excluding steroid dienone is 1. The number of anilines is 1. The first-order valence-corrected chi connectivity index (χ1v) is 10.8. The number of hydrogen-bond acceptors (Lipinski definition) is 6. The Labute approximate surface area is 170 Å². The Morgan fingerprint density at radius 1 is 1.33 bits per heavy atom. The molecule has 1 aliphatic rings. The molecule has 1 aromatic carbocycles. The van der Waals surface area contributed by atoms with Gasteiger partial charge in [-0.2, -0.15) is 4.31 Å². The van der Waals surface area contributed by atoms with Crippen molar-refractivity contribution in [3.8, 4) is 0 Å². The van der Waals surface area contributed by atoms with Crippen LogP contribution in [0.25, 0.3) is 0 Å². The monoisotopic (exact) mass is 453 g/mol. The second kappa shape index (κ2) is 8.80. The topological polar surface area (TPSA) is 116 Å². The number of rotatable bonds is 6. The maximum atomic E-state index is 12.6. The van der Waals surface area contributed by atoms with E-state index in [1.807, 2.05) is 0 Å². The van der Waals surface area contributed by atoms with Gasteiger partial charge in [-0.3, -0.25) is 4.79 Å². The predicted octanol–water partition coefficient (Wildman–Crippen LogP) is 2.59. The van der Waals surface area contributed by atoms with Gasteiger partial charge in [0.1, 0.15) is 6.73 Å². The molecule has 0 saturated carbocycles. The van der Waals surface area contributed by atoms with Crippen LogP contribution in [0.1, 0.15) is 13.8 Å². The average molecular weight is 454 g/mol.